The smallest absolute Gasteiger partial charge is 0.0843 e. The Labute approximate surface area is 90.9 Å². The predicted octanol–water partition coefficient (Wildman–Crippen LogP) is 2.32. The van der Waals surface area contributed by atoms with Gasteiger partial charge in [0.1, 0.15) is 0 Å². The molecule has 1 N–H and O–H groups in total. The van der Waals surface area contributed by atoms with Crippen LogP contribution in [-0.2, 0) is 11.2 Å². The number of rotatable bonds is 3. The van der Waals surface area contributed by atoms with E-state index in [0.29, 0.717) is 6.61 Å². The highest BCUT2D eigenvalue weighted by atomic mass is 16.5. The first-order chi connectivity index (χ1) is 7.33. The highest BCUT2D eigenvalue weighted by molar-refractivity contribution is 5.29. The van der Waals surface area contributed by atoms with Gasteiger partial charge < -0.3 is 9.84 Å². The number of benzene rings is 1. The largest absolute Gasteiger partial charge is 0.388 e. The summed E-state index contributed by atoms with van der Waals surface area (Å²) < 4.78 is 5.31. The molecule has 0 radical (unpaired) electrons. The lowest BCUT2D eigenvalue weighted by Gasteiger charge is -2.19. The molecule has 0 saturated carbocycles. The Kier molecular flexibility index (Phi) is 3.39. The van der Waals surface area contributed by atoms with Gasteiger partial charge >= 0.3 is 0 Å². The zero-order chi connectivity index (χ0) is 10.7. The number of aryl methyl sites for hydroxylation is 1. The third-order valence-corrected chi connectivity index (χ3v) is 3.17. The molecule has 2 unspecified atom stereocenters. The van der Waals surface area contributed by atoms with Gasteiger partial charge in [-0.05, 0) is 24.0 Å². The fraction of sp³-hybridized carbons (Fsp3) is 0.538. The van der Waals surface area contributed by atoms with Crippen LogP contribution >= 0.6 is 0 Å². The molecule has 1 fully saturated rings. The molecule has 1 heterocycles. The second kappa shape index (κ2) is 4.77. The Bertz CT molecular complexity index is 316. The molecule has 1 aromatic rings. The highest BCUT2D eigenvalue weighted by Gasteiger charge is 2.26. The van der Waals surface area contributed by atoms with Crippen molar-refractivity contribution in [2.24, 2.45) is 5.92 Å². The molecular formula is C13H18O2. The number of aliphatic hydroxyl groups is 1. The van der Waals surface area contributed by atoms with Crippen molar-refractivity contribution in [2.45, 2.75) is 25.9 Å². The summed E-state index contributed by atoms with van der Waals surface area (Å²) >= 11 is 0. The summed E-state index contributed by atoms with van der Waals surface area (Å²) in [5.41, 5.74) is 2.33. The van der Waals surface area contributed by atoms with E-state index in [1.807, 2.05) is 18.2 Å². The summed E-state index contributed by atoms with van der Waals surface area (Å²) in [6.45, 7) is 3.60. The normalized spacial score (nSPS) is 22.9. The van der Waals surface area contributed by atoms with Gasteiger partial charge in [0.25, 0.3) is 0 Å². The molecule has 1 saturated heterocycles. The second-order valence-electron chi connectivity index (χ2n) is 4.12. The van der Waals surface area contributed by atoms with E-state index < -0.39 is 0 Å². The summed E-state index contributed by atoms with van der Waals surface area (Å²) in [6, 6.07) is 8.14. The molecule has 1 aliphatic heterocycles. The van der Waals surface area contributed by atoms with Crippen LogP contribution in [0, 0.1) is 5.92 Å². The van der Waals surface area contributed by atoms with E-state index in [2.05, 4.69) is 13.0 Å². The Balaban J connectivity index is 2.19. The lowest BCUT2D eigenvalue weighted by molar-refractivity contribution is 0.0911. The molecular weight excluding hydrogens is 188 g/mol. The molecule has 0 aromatic heterocycles. The third kappa shape index (κ3) is 2.21. The van der Waals surface area contributed by atoms with Crippen molar-refractivity contribution in [2.75, 3.05) is 13.2 Å². The van der Waals surface area contributed by atoms with Gasteiger partial charge in [0.15, 0.2) is 0 Å². The van der Waals surface area contributed by atoms with Gasteiger partial charge in [0, 0.05) is 12.5 Å². The summed E-state index contributed by atoms with van der Waals surface area (Å²) in [5, 5.41) is 10.3. The average Bonchev–Trinajstić information content (AvgIpc) is 2.81. The first-order valence-electron chi connectivity index (χ1n) is 5.66. The van der Waals surface area contributed by atoms with E-state index in [0.717, 1.165) is 25.0 Å². The van der Waals surface area contributed by atoms with Crippen LogP contribution in [0.2, 0.25) is 0 Å². The van der Waals surface area contributed by atoms with Crippen LogP contribution in [0.25, 0.3) is 0 Å². The molecule has 2 rings (SSSR count). The van der Waals surface area contributed by atoms with Gasteiger partial charge in [0.2, 0.25) is 0 Å². The predicted molar refractivity (Wildman–Crippen MR) is 59.7 cm³/mol. The van der Waals surface area contributed by atoms with Crippen LogP contribution in [0.3, 0.4) is 0 Å². The SMILES string of the molecule is CCc1ccccc1C(O)C1CCOC1. The minimum Gasteiger partial charge on any atom is -0.388 e. The molecule has 15 heavy (non-hydrogen) atoms. The number of hydrogen-bond donors (Lipinski definition) is 1. The average molecular weight is 206 g/mol. The van der Waals surface area contributed by atoms with Crippen LogP contribution in [0.4, 0.5) is 0 Å². The highest BCUT2D eigenvalue weighted by Crippen LogP contribution is 2.30. The van der Waals surface area contributed by atoms with Gasteiger partial charge in [-0.15, -0.1) is 0 Å². The monoisotopic (exact) mass is 206 g/mol. The van der Waals surface area contributed by atoms with Crippen LogP contribution in [0.1, 0.15) is 30.6 Å². The summed E-state index contributed by atoms with van der Waals surface area (Å²) in [7, 11) is 0. The first-order valence-corrected chi connectivity index (χ1v) is 5.66. The number of aliphatic hydroxyl groups excluding tert-OH is 1. The Morgan fingerprint density at radius 1 is 1.47 bits per heavy atom. The van der Waals surface area contributed by atoms with Crippen molar-refractivity contribution in [3.8, 4) is 0 Å². The van der Waals surface area contributed by atoms with E-state index in [9.17, 15) is 5.11 Å². The van der Waals surface area contributed by atoms with Gasteiger partial charge in [-0.2, -0.15) is 0 Å². The summed E-state index contributed by atoms with van der Waals surface area (Å²) in [4.78, 5) is 0. The van der Waals surface area contributed by atoms with Crippen molar-refractivity contribution in [3.63, 3.8) is 0 Å². The number of ether oxygens (including phenoxy) is 1. The summed E-state index contributed by atoms with van der Waals surface area (Å²) in [5.74, 6) is 0.276. The fourth-order valence-electron chi connectivity index (χ4n) is 2.20. The van der Waals surface area contributed by atoms with Gasteiger partial charge in [-0.3, -0.25) is 0 Å². The standard InChI is InChI=1S/C13H18O2/c1-2-10-5-3-4-6-12(10)13(14)11-7-8-15-9-11/h3-6,11,13-14H,2,7-9H2,1H3. The molecule has 82 valence electrons. The quantitative estimate of drug-likeness (QED) is 0.822. The minimum absolute atomic E-state index is 0.276. The Hall–Kier alpha value is -0.860. The maximum Gasteiger partial charge on any atom is 0.0843 e. The number of hydrogen-bond acceptors (Lipinski definition) is 2. The molecule has 0 spiro atoms. The maximum absolute atomic E-state index is 10.3. The molecule has 1 aromatic carbocycles. The second-order valence-corrected chi connectivity index (χ2v) is 4.12. The van der Waals surface area contributed by atoms with Crippen LogP contribution in [0.5, 0.6) is 0 Å². The molecule has 0 bridgehead atoms. The van der Waals surface area contributed by atoms with E-state index in [-0.39, 0.29) is 12.0 Å². The van der Waals surface area contributed by atoms with Gasteiger partial charge in [-0.1, -0.05) is 31.2 Å². The minimum atomic E-state index is -0.358. The maximum atomic E-state index is 10.3. The lowest BCUT2D eigenvalue weighted by atomic mass is 9.91. The van der Waals surface area contributed by atoms with Crippen molar-refractivity contribution < 1.29 is 9.84 Å². The topological polar surface area (TPSA) is 29.5 Å². The molecule has 0 aliphatic carbocycles. The van der Waals surface area contributed by atoms with Crippen LogP contribution < -0.4 is 0 Å². The van der Waals surface area contributed by atoms with Crippen molar-refractivity contribution in [3.05, 3.63) is 35.4 Å². The molecule has 1 aliphatic rings. The van der Waals surface area contributed by atoms with Crippen molar-refractivity contribution in [1.29, 1.82) is 0 Å². The van der Waals surface area contributed by atoms with Gasteiger partial charge in [0.05, 0.1) is 12.7 Å². The lowest BCUT2D eigenvalue weighted by Crippen LogP contribution is -2.14. The molecule has 0 amide bonds. The summed E-state index contributed by atoms with van der Waals surface area (Å²) in [6.07, 6.45) is 1.59. The first kappa shape index (κ1) is 10.7. The fourth-order valence-corrected chi connectivity index (χ4v) is 2.20. The van der Waals surface area contributed by atoms with Gasteiger partial charge in [-0.25, -0.2) is 0 Å². The van der Waals surface area contributed by atoms with E-state index in [1.165, 1.54) is 5.56 Å². The molecule has 2 atom stereocenters. The van der Waals surface area contributed by atoms with Crippen LogP contribution in [-0.4, -0.2) is 18.3 Å². The Morgan fingerprint density at radius 2 is 2.27 bits per heavy atom. The molecule has 2 heteroatoms. The zero-order valence-corrected chi connectivity index (χ0v) is 9.15. The Morgan fingerprint density at radius 3 is 2.93 bits per heavy atom. The van der Waals surface area contributed by atoms with E-state index in [1.54, 1.807) is 0 Å². The third-order valence-electron chi connectivity index (χ3n) is 3.17. The van der Waals surface area contributed by atoms with Crippen molar-refractivity contribution >= 4 is 0 Å². The zero-order valence-electron chi connectivity index (χ0n) is 9.15. The van der Waals surface area contributed by atoms with Crippen molar-refractivity contribution in [1.82, 2.24) is 0 Å². The van der Waals surface area contributed by atoms with E-state index in [4.69, 9.17) is 4.74 Å². The van der Waals surface area contributed by atoms with E-state index >= 15 is 0 Å². The van der Waals surface area contributed by atoms with Crippen LogP contribution in [0.15, 0.2) is 24.3 Å². The molecule has 2 nitrogen and oxygen atoms in total.